The standard InChI is InChI=1S/C9H12N2O5S/c1-11(6-2-3-17(14,15)5-6)9-10-7(4-16-9)8(12)13/h4,6H,2-3,5H2,1H3,(H,12,13). The first-order valence-corrected chi connectivity index (χ1v) is 6.83. The fraction of sp³-hybridized carbons (Fsp3) is 0.556. The number of sulfone groups is 1. The van der Waals surface area contributed by atoms with Crippen LogP contribution in [0.15, 0.2) is 10.7 Å². The maximum atomic E-state index is 11.3. The zero-order chi connectivity index (χ0) is 12.6. The molecule has 0 aliphatic carbocycles. The van der Waals surface area contributed by atoms with Crippen LogP contribution >= 0.6 is 0 Å². The first-order chi connectivity index (χ1) is 7.89. The van der Waals surface area contributed by atoms with E-state index in [-0.39, 0.29) is 29.3 Å². The average molecular weight is 260 g/mol. The van der Waals surface area contributed by atoms with E-state index in [1.165, 1.54) is 0 Å². The minimum absolute atomic E-state index is 0.0499. The number of carboxylic acid groups (broad SMARTS) is 1. The van der Waals surface area contributed by atoms with Gasteiger partial charge in [-0.05, 0) is 6.42 Å². The van der Waals surface area contributed by atoms with Crippen LogP contribution < -0.4 is 4.90 Å². The van der Waals surface area contributed by atoms with E-state index >= 15 is 0 Å². The maximum absolute atomic E-state index is 11.3. The molecule has 1 atom stereocenters. The second-order valence-corrected chi connectivity index (χ2v) is 6.22. The summed E-state index contributed by atoms with van der Waals surface area (Å²) in [6, 6.07) is -0.0789. The minimum Gasteiger partial charge on any atom is -0.476 e. The quantitative estimate of drug-likeness (QED) is 0.816. The molecular weight excluding hydrogens is 248 g/mol. The fourth-order valence-electron chi connectivity index (χ4n) is 1.76. The minimum atomic E-state index is -2.99. The SMILES string of the molecule is CN(c1nc(C(=O)O)co1)C1CCS(=O)(=O)C1. The molecule has 0 amide bonds. The number of hydrogen-bond acceptors (Lipinski definition) is 6. The predicted molar refractivity (Wildman–Crippen MR) is 58.9 cm³/mol. The molecule has 1 aliphatic rings. The number of anilines is 1. The number of oxazole rings is 1. The molecule has 0 spiro atoms. The van der Waals surface area contributed by atoms with Crippen LogP contribution in [0.2, 0.25) is 0 Å². The molecule has 0 bridgehead atoms. The summed E-state index contributed by atoms with van der Waals surface area (Å²) in [6.07, 6.45) is 1.54. The molecule has 0 aromatic carbocycles. The third kappa shape index (κ3) is 2.41. The van der Waals surface area contributed by atoms with Crippen molar-refractivity contribution < 1.29 is 22.7 Å². The Hall–Kier alpha value is -1.57. The van der Waals surface area contributed by atoms with E-state index in [0.717, 1.165) is 6.26 Å². The molecule has 1 N–H and O–H groups in total. The molecule has 0 radical (unpaired) electrons. The molecule has 1 aliphatic heterocycles. The van der Waals surface area contributed by atoms with Crippen molar-refractivity contribution in [3.05, 3.63) is 12.0 Å². The van der Waals surface area contributed by atoms with E-state index in [1.54, 1.807) is 11.9 Å². The van der Waals surface area contributed by atoms with E-state index in [1.807, 2.05) is 0 Å². The van der Waals surface area contributed by atoms with Crippen LogP contribution in [0.25, 0.3) is 0 Å². The molecule has 1 fully saturated rings. The molecule has 7 nitrogen and oxygen atoms in total. The monoisotopic (exact) mass is 260 g/mol. The summed E-state index contributed by atoms with van der Waals surface area (Å²) < 4.78 is 27.6. The summed E-state index contributed by atoms with van der Waals surface area (Å²) in [7, 11) is -1.34. The Morgan fingerprint density at radius 1 is 1.65 bits per heavy atom. The number of hydrogen-bond donors (Lipinski definition) is 1. The van der Waals surface area contributed by atoms with Gasteiger partial charge in [0.05, 0.1) is 11.5 Å². The third-order valence-corrected chi connectivity index (χ3v) is 4.52. The van der Waals surface area contributed by atoms with Crippen LogP contribution in [0.3, 0.4) is 0 Å². The van der Waals surface area contributed by atoms with Crippen LogP contribution in [0, 0.1) is 0 Å². The highest BCUT2D eigenvalue weighted by molar-refractivity contribution is 7.91. The van der Waals surface area contributed by atoms with Gasteiger partial charge in [0.25, 0.3) is 6.01 Å². The van der Waals surface area contributed by atoms with Crippen molar-refractivity contribution in [3.8, 4) is 0 Å². The molecular formula is C9H12N2O5S. The number of aromatic carboxylic acids is 1. The summed E-state index contributed by atoms with van der Waals surface area (Å²) in [5, 5.41) is 8.69. The van der Waals surface area contributed by atoms with Crippen molar-refractivity contribution in [2.45, 2.75) is 12.5 Å². The van der Waals surface area contributed by atoms with Gasteiger partial charge in [0.2, 0.25) is 0 Å². The Morgan fingerprint density at radius 2 is 2.35 bits per heavy atom. The van der Waals surface area contributed by atoms with Crippen molar-refractivity contribution in [2.75, 3.05) is 23.5 Å². The maximum Gasteiger partial charge on any atom is 0.357 e. The van der Waals surface area contributed by atoms with Crippen molar-refractivity contribution in [1.82, 2.24) is 4.98 Å². The van der Waals surface area contributed by atoms with Gasteiger partial charge in [-0.25, -0.2) is 13.2 Å². The lowest BCUT2D eigenvalue weighted by molar-refractivity contribution is 0.0690. The molecule has 17 heavy (non-hydrogen) atoms. The van der Waals surface area contributed by atoms with Gasteiger partial charge in [0.15, 0.2) is 15.5 Å². The zero-order valence-corrected chi connectivity index (χ0v) is 9.98. The highest BCUT2D eigenvalue weighted by Gasteiger charge is 2.32. The summed E-state index contributed by atoms with van der Waals surface area (Å²) >= 11 is 0. The van der Waals surface area contributed by atoms with Gasteiger partial charge in [-0.15, -0.1) is 0 Å². The number of carboxylic acids is 1. The van der Waals surface area contributed by atoms with Crippen LogP contribution in [-0.2, 0) is 9.84 Å². The number of aromatic nitrogens is 1. The van der Waals surface area contributed by atoms with Crippen molar-refractivity contribution in [2.24, 2.45) is 0 Å². The van der Waals surface area contributed by atoms with E-state index in [0.29, 0.717) is 6.42 Å². The normalized spacial score (nSPS) is 22.5. The number of nitrogens with zero attached hydrogens (tertiary/aromatic N) is 2. The topological polar surface area (TPSA) is 101 Å². The molecule has 8 heteroatoms. The Balaban J connectivity index is 2.14. The van der Waals surface area contributed by atoms with Crippen LogP contribution in [0.5, 0.6) is 0 Å². The molecule has 1 aromatic heterocycles. The van der Waals surface area contributed by atoms with Crippen molar-refractivity contribution in [1.29, 1.82) is 0 Å². The molecule has 94 valence electrons. The molecule has 0 saturated carbocycles. The Labute approximate surface area is 98.0 Å². The van der Waals surface area contributed by atoms with Gasteiger partial charge in [0, 0.05) is 13.1 Å². The first-order valence-electron chi connectivity index (χ1n) is 5.01. The summed E-state index contributed by atoms with van der Waals surface area (Å²) in [5.74, 6) is -0.976. The van der Waals surface area contributed by atoms with E-state index in [4.69, 9.17) is 9.52 Å². The van der Waals surface area contributed by atoms with E-state index < -0.39 is 15.8 Å². The van der Waals surface area contributed by atoms with Crippen LogP contribution in [-0.4, -0.2) is 49.1 Å². The first kappa shape index (κ1) is 11.9. The smallest absolute Gasteiger partial charge is 0.357 e. The van der Waals surface area contributed by atoms with Gasteiger partial charge in [-0.3, -0.25) is 0 Å². The lowest BCUT2D eigenvalue weighted by Crippen LogP contribution is -2.32. The molecule has 1 unspecified atom stereocenters. The lowest BCUT2D eigenvalue weighted by Gasteiger charge is -2.20. The summed E-state index contributed by atoms with van der Waals surface area (Å²) in [4.78, 5) is 16.0. The lowest BCUT2D eigenvalue weighted by atomic mass is 10.2. The van der Waals surface area contributed by atoms with Crippen molar-refractivity contribution >= 4 is 21.8 Å². The predicted octanol–water partition coefficient (Wildman–Crippen LogP) is -0.00390. The van der Waals surface area contributed by atoms with Crippen molar-refractivity contribution in [3.63, 3.8) is 0 Å². The third-order valence-electron chi connectivity index (χ3n) is 2.77. The summed E-state index contributed by atoms with van der Waals surface area (Å²) in [5.41, 5.74) is -0.187. The summed E-state index contributed by atoms with van der Waals surface area (Å²) in [6.45, 7) is 0. The van der Waals surface area contributed by atoms with Gasteiger partial charge < -0.3 is 14.4 Å². The van der Waals surface area contributed by atoms with Gasteiger partial charge in [0.1, 0.15) is 6.26 Å². The Bertz CT molecular complexity index is 535. The Morgan fingerprint density at radius 3 is 2.82 bits per heavy atom. The number of rotatable bonds is 3. The van der Waals surface area contributed by atoms with Gasteiger partial charge in [-0.1, -0.05) is 0 Å². The van der Waals surface area contributed by atoms with E-state index in [9.17, 15) is 13.2 Å². The average Bonchev–Trinajstić information content (AvgIpc) is 2.83. The number of carbonyl (C=O) groups is 1. The highest BCUT2D eigenvalue weighted by atomic mass is 32.2. The fourth-order valence-corrected chi connectivity index (χ4v) is 3.54. The molecule has 2 rings (SSSR count). The largest absolute Gasteiger partial charge is 0.476 e. The van der Waals surface area contributed by atoms with Gasteiger partial charge >= 0.3 is 5.97 Å². The van der Waals surface area contributed by atoms with Crippen LogP contribution in [0.4, 0.5) is 6.01 Å². The second kappa shape index (κ2) is 4.02. The molecule has 1 saturated heterocycles. The van der Waals surface area contributed by atoms with E-state index in [2.05, 4.69) is 4.98 Å². The molecule has 1 aromatic rings. The van der Waals surface area contributed by atoms with Crippen LogP contribution in [0.1, 0.15) is 16.9 Å². The second-order valence-electron chi connectivity index (χ2n) is 3.99. The molecule has 2 heterocycles. The highest BCUT2D eigenvalue weighted by Crippen LogP contribution is 2.22. The van der Waals surface area contributed by atoms with Gasteiger partial charge in [-0.2, -0.15) is 4.98 Å². The zero-order valence-electron chi connectivity index (χ0n) is 9.16. The Kier molecular flexibility index (Phi) is 2.82.